The molecule has 0 bridgehead atoms. The van der Waals surface area contributed by atoms with Crippen molar-refractivity contribution in [1.82, 2.24) is 15.3 Å². The van der Waals surface area contributed by atoms with Crippen molar-refractivity contribution in [2.75, 3.05) is 31.7 Å². The van der Waals surface area contributed by atoms with Crippen LogP contribution in [-0.2, 0) is 0 Å². The maximum absolute atomic E-state index is 12.2. The number of hydrogen-bond donors (Lipinski definition) is 1. The Kier molecular flexibility index (Phi) is 6.74. The first-order chi connectivity index (χ1) is 17.1. The summed E-state index contributed by atoms with van der Waals surface area (Å²) in [6.45, 7) is 4.09. The van der Waals surface area contributed by atoms with Gasteiger partial charge in [0.15, 0.2) is 11.6 Å². The molecule has 2 fully saturated rings. The van der Waals surface area contributed by atoms with Gasteiger partial charge in [0.25, 0.3) is 11.8 Å². The minimum Gasteiger partial charge on any atom is -0.489 e. The molecule has 9 heteroatoms. The van der Waals surface area contributed by atoms with Crippen molar-refractivity contribution in [3.8, 4) is 17.4 Å². The molecule has 1 aromatic carbocycles. The SMILES string of the molecule is COc1c(OCC2CC2)ncnc1N1CC[C@@H](Oc2ccc([C@H](C)NC(=O)c3ccco3)cc2)C1. The molecule has 1 aliphatic carbocycles. The minimum atomic E-state index is -0.241. The number of carbonyl (C=O) groups is 1. The second kappa shape index (κ2) is 10.2. The molecular weight excluding hydrogens is 448 g/mol. The van der Waals surface area contributed by atoms with Gasteiger partial charge >= 0.3 is 0 Å². The molecule has 0 spiro atoms. The number of hydrogen-bond acceptors (Lipinski definition) is 8. The molecule has 1 N–H and O–H groups in total. The van der Waals surface area contributed by atoms with E-state index in [0.29, 0.717) is 36.5 Å². The third-order valence-electron chi connectivity index (χ3n) is 6.33. The van der Waals surface area contributed by atoms with Crippen LogP contribution in [0.25, 0.3) is 0 Å². The third kappa shape index (κ3) is 5.50. The molecule has 35 heavy (non-hydrogen) atoms. The van der Waals surface area contributed by atoms with E-state index in [9.17, 15) is 4.79 Å². The summed E-state index contributed by atoms with van der Waals surface area (Å²) in [4.78, 5) is 23.1. The van der Waals surface area contributed by atoms with E-state index in [1.54, 1.807) is 19.2 Å². The van der Waals surface area contributed by atoms with Gasteiger partial charge in [-0.1, -0.05) is 12.1 Å². The molecule has 5 rings (SSSR count). The van der Waals surface area contributed by atoms with Crippen molar-refractivity contribution < 1.29 is 23.4 Å². The normalized spacial score (nSPS) is 18.2. The van der Waals surface area contributed by atoms with Crippen LogP contribution in [0.1, 0.15) is 48.3 Å². The molecular formula is C26H30N4O5. The fourth-order valence-electron chi connectivity index (χ4n) is 4.14. The first-order valence-corrected chi connectivity index (χ1v) is 12.0. The van der Waals surface area contributed by atoms with Gasteiger partial charge in [0.05, 0.1) is 32.6 Å². The molecule has 1 saturated carbocycles. The Morgan fingerprint density at radius 2 is 2.03 bits per heavy atom. The maximum atomic E-state index is 12.2. The monoisotopic (exact) mass is 478 g/mol. The van der Waals surface area contributed by atoms with Crippen molar-refractivity contribution in [3.63, 3.8) is 0 Å². The predicted octanol–water partition coefficient (Wildman–Crippen LogP) is 4.02. The zero-order chi connectivity index (χ0) is 24.2. The summed E-state index contributed by atoms with van der Waals surface area (Å²) < 4.78 is 22.9. The van der Waals surface area contributed by atoms with Crippen LogP contribution in [0, 0.1) is 5.92 Å². The molecule has 0 radical (unpaired) electrons. The second-order valence-corrected chi connectivity index (χ2v) is 9.01. The molecule has 184 valence electrons. The highest BCUT2D eigenvalue weighted by Gasteiger charge is 2.30. The molecule has 2 atom stereocenters. The number of nitrogens with zero attached hydrogens (tertiary/aromatic N) is 3. The van der Waals surface area contributed by atoms with Gasteiger partial charge < -0.3 is 28.8 Å². The van der Waals surface area contributed by atoms with Crippen LogP contribution >= 0.6 is 0 Å². The van der Waals surface area contributed by atoms with E-state index in [2.05, 4.69) is 20.2 Å². The molecule has 3 heterocycles. The van der Waals surface area contributed by atoms with Crippen molar-refractivity contribution in [2.24, 2.45) is 5.92 Å². The Labute approximate surface area is 204 Å². The fourth-order valence-corrected chi connectivity index (χ4v) is 4.14. The van der Waals surface area contributed by atoms with E-state index in [-0.39, 0.29) is 18.1 Å². The Hall–Kier alpha value is -3.75. The number of anilines is 1. The minimum absolute atomic E-state index is 0.0208. The summed E-state index contributed by atoms with van der Waals surface area (Å²) in [5.41, 5.74) is 0.981. The molecule has 1 aliphatic heterocycles. The Morgan fingerprint density at radius 1 is 1.20 bits per heavy atom. The van der Waals surface area contributed by atoms with Gasteiger partial charge in [-0.15, -0.1) is 0 Å². The van der Waals surface area contributed by atoms with Gasteiger partial charge in [-0.2, -0.15) is 4.98 Å². The number of nitrogens with one attached hydrogen (secondary N) is 1. The van der Waals surface area contributed by atoms with Crippen LogP contribution in [0.2, 0.25) is 0 Å². The fraction of sp³-hybridized carbons (Fsp3) is 0.423. The Bertz CT molecular complexity index is 1130. The Balaban J connectivity index is 1.17. The first-order valence-electron chi connectivity index (χ1n) is 12.0. The molecule has 9 nitrogen and oxygen atoms in total. The quantitative estimate of drug-likeness (QED) is 0.467. The average Bonchev–Trinajstić information content (AvgIpc) is 3.32. The first kappa shape index (κ1) is 23.0. The summed E-state index contributed by atoms with van der Waals surface area (Å²) in [5, 5.41) is 2.93. The van der Waals surface area contributed by atoms with Crippen molar-refractivity contribution >= 4 is 11.7 Å². The van der Waals surface area contributed by atoms with Crippen LogP contribution < -0.4 is 24.4 Å². The lowest BCUT2D eigenvalue weighted by atomic mass is 10.1. The van der Waals surface area contributed by atoms with E-state index in [1.807, 2.05) is 31.2 Å². The molecule has 3 aromatic rings. The summed E-state index contributed by atoms with van der Waals surface area (Å²) >= 11 is 0. The van der Waals surface area contributed by atoms with Gasteiger partial charge in [0, 0.05) is 13.0 Å². The van der Waals surface area contributed by atoms with Crippen LogP contribution in [-0.4, -0.2) is 48.8 Å². The van der Waals surface area contributed by atoms with E-state index >= 15 is 0 Å². The molecule has 2 aromatic heterocycles. The lowest BCUT2D eigenvalue weighted by molar-refractivity contribution is 0.0912. The van der Waals surface area contributed by atoms with Gasteiger partial charge in [-0.05, 0) is 55.5 Å². The van der Waals surface area contributed by atoms with Crippen molar-refractivity contribution in [3.05, 3.63) is 60.3 Å². The molecule has 1 amide bonds. The number of amides is 1. The van der Waals surface area contributed by atoms with E-state index in [0.717, 1.165) is 30.1 Å². The summed E-state index contributed by atoms with van der Waals surface area (Å²) in [5.74, 6) is 3.27. The number of methoxy groups -OCH3 is 1. The van der Waals surface area contributed by atoms with Crippen LogP contribution in [0.3, 0.4) is 0 Å². The zero-order valence-corrected chi connectivity index (χ0v) is 20.0. The van der Waals surface area contributed by atoms with Crippen LogP contribution in [0.15, 0.2) is 53.4 Å². The second-order valence-electron chi connectivity index (χ2n) is 9.01. The lowest BCUT2D eigenvalue weighted by Gasteiger charge is -2.21. The topological polar surface area (TPSA) is 99.0 Å². The summed E-state index contributed by atoms with van der Waals surface area (Å²) in [6.07, 6.45) is 6.32. The van der Waals surface area contributed by atoms with E-state index in [1.165, 1.54) is 25.4 Å². The van der Waals surface area contributed by atoms with Gasteiger partial charge in [-0.25, -0.2) is 4.98 Å². The highest BCUT2D eigenvalue weighted by Crippen LogP contribution is 2.37. The number of carbonyl (C=O) groups excluding carboxylic acids is 1. The van der Waals surface area contributed by atoms with Gasteiger partial charge in [0.2, 0.25) is 5.75 Å². The molecule has 1 saturated heterocycles. The maximum Gasteiger partial charge on any atom is 0.287 e. The number of benzene rings is 1. The average molecular weight is 479 g/mol. The van der Waals surface area contributed by atoms with Crippen LogP contribution in [0.5, 0.6) is 17.4 Å². The van der Waals surface area contributed by atoms with Crippen molar-refractivity contribution in [1.29, 1.82) is 0 Å². The van der Waals surface area contributed by atoms with Gasteiger partial charge in [-0.3, -0.25) is 4.79 Å². The highest BCUT2D eigenvalue weighted by atomic mass is 16.5. The standard InChI is InChI=1S/C26H30N4O5/c1-17(29-25(31)22-4-3-13-33-22)19-7-9-20(10-8-19)35-21-11-12-30(14-21)24-23(32-2)26(28-16-27-24)34-15-18-5-6-18/h3-4,7-10,13,16-18,21H,5-6,11-12,14-15H2,1-2H3,(H,29,31)/t17-,21+/m0/s1. The smallest absolute Gasteiger partial charge is 0.287 e. The van der Waals surface area contributed by atoms with Gasteiger partial charge in [0.1, 0.15) is 18.2 Å². The molecule has 0 unspecified atom stereocenters. The largest absolute Gasteiger partial charge is 0.489 e. The molecule has 2 aliphatic rings. The third-order valence-corrected chi connectivity index (χ3v) is 6.33. The number of ether oxygens (including phenoxy) is 3. The number of rotatable bonds is 10. The highest BCUT2D eigenvalue weighted by molar-refractivity contribution is 5.91. The zero-order valence-electron chi connectivity index (χ0n) is 20.0. The Morgan fingerprint density at radius 3 is 2.74 bits per heavy atom. The summed E-state index contributed by atoms with van der Waals surface area (Å²) in [6, 6.07) is 11.0. The van der Waals surface area contributed by atoms with E-state index < -0.39 is 0 Å². The van der Waals surface area contributed by atoms with E-state index in [4.69, 9.17) is 18.6 Å². The van der Waals surface area contributed by atoms with Crippen molar-refractivity contribution in [2.45, 2.75) is 38.3 Å². The summed E-state index contributed by atoms with van der Waals surface area (Å²) in [7, 11) is 1.62. The van der Waals surface area contributed by atoms with Crippen LogP contribution in [0.4, 0.5) is 5.82 Å². The predicted molar refractivity (Wildman–Crippen MR) is 129 cm³/mol. The number of aromatic nitrogens is 2. The lowest BCUT2D eigenvalue weighted by Crippen LogP contribution is -2.26. The number of furan rings is 1.